The monoisotopic (exact) mass is 399 g/mol. The number of rotatable bonds is 6. The molecule has 0 aromatic heterocycles. The molecule has 1 unspecified atom stereocenters. The predicted octanol–water partition coefficient (Wildman–Crippen LogP) is 5.30. The van der Waals surface area contributed by atoms with Crippen LogP contribution in [-0.2, 0) is 11.0 Å². The molecule has 0 aliphatic carbocycles. The molecule has 0 saturated heterocycles. The van der Waals surface area contributed by atoms with Crippen LogP contribution in [0.2, 0.25) is 0 Å². The summed E-state index contributed by atoms with van der Waals surface area (Å²) >= 11 is 0. The van der Waals surface area contributed by atoms with Gasteiger partial charge in [0, 0.05) is 0 Å². The first-order valence-electron chi connectivity index (χ1n) is 9.04. The van der Waals surface area contributed by atoms with Gasteiger partial charge in [-0.25, -0.2) is 0 Å². The number of amides is 1. The first-order valence-corrected chi connectivity index (χ1v) is 9.04. The summed E-state index contributed by atoms with van der Waals surface area (Å²) in [5.74, 6) is -0.443. The quantitative estimate of drug-likeness (QED) is 0.611. The minimum absolute atomic E-state index is 0.0119. The van der Waals surface area contributed by atoms with E-state index in [1.165, 1.54) is 12.1 Å². The van der Waals surface area contributed by atoms with Gasteiger partial charge in [-0.1, -0.05) is 60.7 Å². The van der Waals surface area contributed by atoms with Crippen molar-refractivity contribution in [1.82, 2.24) is 5.32 Å². The van der Waals surface area contributed by atoms with Crippen LogP contribution in [0, 0.1) is 6.92 Å². The molecule has 0 saturated carbocycles. The Morgan fingerprint density at radius 3 is 2.34 bits per heavy atom. The van der Waals surface area contributed by atoms with E-state index in [0.29, 0.717) is 0 Å². The molecule has 0 fully saturated rings. The first-order chi connectivity index (χ1) is 13.8. The molecule has 1 atom stereocenters. The van der Waals surface area contributed by atoms with Gasteiger partial charge < -0.3 is 10.1 Å². The summed E-state index contributed by atoms with van der Waals surface area (Å²) in [7, 11) is 0. The second kappa shape index (κ2) is 8.82. The van der Waals surface area contributed by atoms with Crippen molar-refractivity contribution in [3.63, 3.8) is 0 Å². The van der Waals surface area contributed by atoms with Crippen LogP contribution >= 0.6 is 0 Å². The fraction of sp³-hybridized carbons (Fsp3) is 0.174. The van der Waals surface area contributed by atoms with E-state index in [2.05, 4.69) is 5.32 Å². The normalized spacial score (nSPS) is 12.3. The van der Waals surface area contributed by atoms with E-state index in [0.717, 1.165) is 28.8 Å². The molecule has 3 aromatic rings. The molecular weight excluding hydrogens is 379 g/mol. The van der Waals surface area contributed by atoms with Gasteiger partial charge in [0.05, 0.1) is 11.6 Å². The van der Waals surface area contributed by atoms with Crippen molar-refractivity contribution in [3.8, 4) is 5.75 Å². The van der Waals surface area contributed by atoms with Crippen LogP contribution in [0.5, 0.6) is 5.75 Å². The van der Waals surface area contributed by atoms with Crippen molar-refractivity contribution >= 4 is 5.91 Å². The van der Waals surface area contributed by atoms with Crippen LogP contribution in [0.15, 0.2) is 78.9 Å². The number of hydrogen-bond acceptors (Lipinski definition) is 2. The van der Waals surface area contributed by atoms with Crippen molar-refractivity contribution in [1.29, 1.82) is 0 Å². The van der Waals surface area contributed by atoms with Gasteiger partial charge in [0.2, 0.25) is 0 Å². The lowest BCUT2D eigenvalue weighted by molar-refractivity contribution is -0.137. The Morgan fingerprint density at radius 1 is 0.966 bits per heavy atom. The Hall–Kier alpha value is -3.28. The minimum Gasteiger partial charge on any atom is -0.484 e. The van der Waals surface area contributed by atoms with Gasteiger partial charge in [-0.3, -0.25) is 4.79 Å². The first kappa shape index (κ1) is 20.5. The average Bonchev–Trinajstić information content (AvgIpc) is 2.71. The van der Waals surface area contributed by atoms with Crippen molar-refractivity contribution in [2.24, 2.45) is 0 Å². The van der Waals surface area contributed by atoms with E-state index in [9.17, 15) is 18.0 Å². The third kappa shape index (κ3) is 5.38. The van der Waals surface area contributed by atoms with Gasteiger partial charge in [0.1, 0.15) is 5.75 Å². The summed E-state index contributed by atoms with van der Waals surface area (Å²) in [5, 5.41) is 2.92. The Morgan fingerprint density at radius 2 is 1.66 bits per heavy atom. The minimum atomic E-state index is -4.47. The molecule has 1 amide bonds. The standard InChI is InChI=1S/C23H20F3NO2/c1-16-8-5-6-13-20(16)22(17-9-3-2-4-10-17)27-21(28)15-29-19-12-7-11-18(14-19)23(24,25)26/h2-14,22H,15H2,1H3,(H,27,28). The van der Waals surface area contributed by atoms with Gasteiger partial charge in [-0.15, -0.1) is 0 Å². The number of hydrogen-bond donors (Lipinski definition) is 1. The highest BCUT2D eigenvalue weighted by molar-refractivity contribution is 5.78. The molecule has 6 heteroatoms. The lowest BCUT2D eigenvalue weighted by atomic mass is 9.95. The molecule has 0 radical (unpaired) electrons. The Kier molecular flexibility index (Phi) is 6.22. The number of halogens is 3. The number of carbonyl (C=O) groups is 1. The molecule has 3 rings (SSSR count). The van der Waals surface area contributed by atoms with Crippen LogP contribution in [0.1, 0.15) is 28.3 Å². The highest BCUT2D eigenvalue weighted by Crippen LogP contribution is 2.31. The third-order valence-corrected chi connectivity index (χ3v) is 4.47. The number of aryl methyl sites for hydroxylation is 1. The molecule has 0 aliphatic rings. The highest BCUT2D eigenvalue weighted by Gasteiger charge is 2.30. The summed E-state index contributed by atoms with van der Waals surface area (Å²) in [5.41, 5.74) is 2.03. The maximum absolute atomic E-state index is 12.8. The van der Waals surface area contributed by atoms with Crippen molar-refractivity contribution in [2.45, 2.75) is 19.1 Å². The zero-order valence-corrected chi connectivity index (χ0v) is 15.7. The predicted molar refractivity (Wildman–Crippen MR) is 105 cm³/mol. The molecule has 1 N–H and O–H groups in total. The van der Waals surface area contributed by atoms with Crippen LogP contribution in [0.4, 0.5) is 13.2 Å². The van der Waals surface area contributed by atoms with E-state index in [-0.39, 0.29) is 5.75 Å². The molecule has 29 heavy (non-hydrogen) atoms. The molecule has 0 heterocycles. The van der Waals surface area contributed by atoms with E-state index >= 15 is 0 Å². The lowest BCUT2D eigenvalue weighted by Gasteiger charge is -2.22. The number of nitrogens with one attached hydrogen (secondary N) is 1. The van der Waals surface area contributed by atoms with Gasteiger partial charge in [-0.2, -0.15) is 13.2 Å². The summed E-state index contributed by atoms with van der Waals surface area (Å²) in [4.78, 5) is 12.5. The van der Waals surface area contributed by atoms with Gasteiger partial charge in [-0.05, 0) is 41.8 Å². The number of alkyl halides is 3. The molecular formula is C23H20F3NO2. The van der Waals surface area contributed by atoms with E-state index < -0.39 is 30.3 Å². The lowest BCUT2D eigenvalue weighted by Crippen LogP contribution is -2.33. The largest absolute Gasteiger partial charge is 0.484 e. The maximum atomic E-state index is 12.8. The van der Waals surface area contributed by atoms with Gasteiger partial charge >= 0.3 is 6.18 Å². The van der Waals surface area contributed by atoms with Crippen molar-refractivity contribution in [3.05, 3.63) is 101 Å². The summed E-state index contributed by atoms with van der Waals surface area (Å²) in [6.07, 6.45) is -4.47. The number of carbonyl (C=O) groups excluding carboxylic acids is 1. The zero-order valence-electron chi connectivity index (χ0n) is 15.7. The topological polar surface area (TPSA) is 38.3 Å². The van der Waals surface area contributed by atoms with E-state index in [1.54, 1.807) is 0 Å². The maximum Gasteiger partial charge on any atom is 0.416 e. The third-order valence-electron chi connectivity index (χ3n) is 4.47. The smallest absolute Gasteiger partial charge is 0.416 e. The summed E-state index contributed by atoms with van der Waals surface area (Å²) in [6, 6.07) is 21.2. The second-order valence-electron chi connectivity index (χ2n) is 6.58. The second-order valence-corrected chi connectivity index (χ2v) is 6.58. The molecule has 150 valence electrons. The Labute approximate surface area is 167 Å². The van der Waals surface area contributed by atoms with Crippen LogP contribution in [-0.4, -0.2) is 12.5 Å². The van der Waals surface area contributed by atoms with E-state index in [1.807, 2.05) is 61.5 Å². The van der Waals surface area contributed by atoms with Gasteiger partial charge in [0.25, 0.3) is 5.91 Å². The zero-order chi connectivity index (χ0) is 20.9. The Balaban J connectivity index is 1.74. The molecule has 3 nitrogen and oxygen atoms in total. The molecule has 0 spiro atoms. The fourth-order valence-electron chi connectivity index (χ4n) is 3.01. The molecule has 0 bridgehead atoms. The fourth-order valence-corrected chi connectivity index (χ4v) is 3.01. The number of benzene rings is 3. The SMILES string of the molecule is Cc1ccccc1C(NC(=O)COc1cccc(C(F)(F)F)c1)c1ccccc1. The average molecular weight is 399 g/mol. The molecule has 3 aromatic carbocycles. The van der Waals surface area contributed by atoms with Crippen LogP contribution < -0.4 is 10.1 Å². The molecule has 0 aliphatic heterocycles. The van der Waals surface area contributed by atoms with Crippen LogP contribution in [0.3, 0.4) is 0 Å². The van der Waals surface area contributed by atoms with E-state index in [4.69, 9.17) is 4.74 Å². The van der Waals surface area contributed by atoms with Crippen LogP contribution in [0.25, 0.3) is 0 Å². The Bertz CT molecular complexity index is 971. The van der Waals surface area contributed by atoms with Gasteiger partial charge in [0.15, 0.2) is 6.61 Å². The summed E-state index contributed by atoms with van der Waals surface area (Å²) < 4.78 is 43.7. The highest BCUT2D eigenvalue weighted by atomic mass is 19.4. The van der Waals surface area contributed by atoms with Crippen molar-refractivity contribution in [2.75, 3.05) is 6.61 Å². The summed E-state index contributed by atoms with van der Waals surface area (Å²) in [6.45, 7) is 1.56. The number of ether oxygens (including phenoxy) is 1. The van der Waals surface area contributed by atoms with Crippen molar-refractivity contribution < 1.29 is 22.7 Å².